The maximum atomic E-state index is 12.3. The van der Waals surface area contributed by atoms with Gasteiger partial charge in [-0.1, -0.05) is 6.92 Å². The smallest absolute Gasteiger partial charge is 0.228 e. The molecule has 5 nitrogen and oxygen atoms in total. The minimum Gasteiger partial charge on any atom is -0.485 e. The Hall–Kier alpha value is -2.65. The SMILES string of the molecule is CC1Oc2ccc(C#N)cc2-c2cc([C@@]3(C)CC(=N)N(C)C(=O)C3)sc21. The van der Waals surface area contributed by atoms with Crippen LogP contribution in [-0.2, 0) is 10.2 Å². The molecule has 0 aliphatic carbocycles. The summed E-state index contributed by atoms with van der Waals surface area (Å²) >= 11 is 1.66. The van der Waals surface area contributed by atoms with Crippen molar-refractivity contribution in [1.29, 1.82) is 10.7 Å². The number of nitrogens with one attached hydrogen (secondary N) is 1. The largest absolute Gasteiger partial charge is 0.485 e. The van der Waals surface area contributed by atoms with Crippen LogP contribution in [0.1, 0.15) is 48.1 Å². The van der Waals surface area contributed by atoms with E-state index in [-0.39, 0.29) is 17.4 Å². The van der Waals surface area contributed by atoms with Gasteiger partial charge in [0.05, 0.1) is 16.5 Å². The molecule has 2 atom stereocenters. The normalized spacial score (nSPS) is 24.5. The third-order valence-electron chi connectivity index (χ3n) is 5.31. The number of amides is 1. The van der Waals surface area contributed by atoms with Crippen LogP contribution in [0.5, 0.6) is 5.75 Å². The summed E-state index contributed by atoms with van der Waals surface area (Å²) in [5, 5.41) is 17.4. The first-order chi connectivity index (χ1) is 12.3. The predicted molar refractivity (Wildman–Crippen MR) is 101 cm³/mol. The molecule has 0 saturated carbocycles. The summed E-state index contributed by atoms with van der Waals surface area (Å²) in [6.45, 7) is 4.08. The summed E-state index contributed by atoms with van der Waals surface area (Å²) in [5.41, 5.74) is 2.23. The van der Waals surface area contributed by atoms with Gasteiger partial charge in [0.25, 0.3) is 0 Å². The van der Waals surface area contributed by atoms with E-state index < -0.39 is 0 Å². The zero-order chi connectivity index (χ0) is 18.6. The number of likely N-dealkylation sites (tertiary alicyclic amines) is 1. The van der Waals surface area contributed by atoms with Gasteiger partial charge in [-0.2, -0.15) is 5.26 Å². The highest BCUT2D eigenvalue weighted by Gasteiger charge is 2.41. The van der Waals surface area contributed by atoms with Crippen LogP contribution < -0.4 is 4.74 Å². The second-order valence-electron chi connectivity index (χ2n) is 7.29. The summed E-state index contributed by atoms with van der Waals surface area (Å²) in [5.74, 6) is 1.11. The molecule has 1 unspecified atom stereocenters. The van der Waals surface area contributed by atoms with Crippen molar-refractivity contribution in [3.63, 3.8) is 0 Å². The van der Waals surface area contributed by atoms with Crippen molar-refractivity contribution in [3.8, 4) is 22.9 Å². The molecule has 1 fully saturated rings. The van der Waals surface area contributed by atoms with Gasteiger partial charge in [0.15, 0.2) is 0 Å². The van der Waals surface area contributed by atoms with Crippen molar-refractivity contribution < 1.29 is 9.53 Å². The first-order valence-corrected chi connectivity index (χ1v) is 9.33. The summed E-state index contributed by atoms with van der Waals surface area (Å²) in [7, 11) is 1.67. The lowest BCUT2D eigenvalue weighted by Crippen LogP contribution is -2.46. The molecule has 2 aliphatic rings. The number of piperidine rings is 1. The van der Waals surface area contributed by atoms with Gasteiger partial charge in [-0.05, 0) is 31.2 Å². The Morgan fingerprint density at radius 3 is 2.81 bits per heavy atom. The third kappa shape index (κ3) is 2.43. The fraction of sp³-hybridized carbons (Fsp3) is 0.350. The average Bonchev–Trinajstić information content (AvgIpc) is 3.07. The molecule has 1 saturated heterocycles. The van der Waals surface area contributed by atoms with E-state index in [0.29, 0.717) is 24.2 Å². The van der Waals surface area contributed by atoms with Gasteiger partial charge in [-0.15, -0.1) is 11.3 Å². The summed E-state index contributed by atoms with van der Waals surface area (Å²) in [6, 6.07) is 9.79. The molecular weight excluding hydrogens is 346 g/mol. The number of nitriles is 1. The monoisotopic (exact) mass is 365 g/mol. The van der Waals surface area contributed by atoms with E-state index in [0.717, 1.165) is 26.6 Å². The fourth-order valence-electron chi connectivity index (χ4n) is 3.70. The molecule has 132 valence electrons. The van der Waals surface area contributed by atoms with Crippen molar-refractivity contribution in [2.45, 2.75) is 38.2 Å². The predicted octanol–water partition coefficient (Wildman–Crippen LogP) is 4.23. The Morgan fingerprint density at radius 1 is 1.35 bits per heavy atom. The molecule has 0 radical (unpaired) electrons. The summed E-state index contributed by atoms with van der Waals surface area (Å²) in [4.78, 5) is 16.0. The number of carbonyl (C=O) groups is 1. The van der Waals surface area contributed by atoms with Crippen LogP contribution in [0, 0.1) is 16.7 Å². The molecule has 4 rings (SSSR count). The maximum absolute atomic E-state index is 12.3. The van der Waals surface area contributed by atoms with Gasteiger partial charge in [-0.25, -0.2) is 0 Å². The van der Waals surface area contributed by atoms with E-state index in [1.54, 1.807) is 24.5 Å². The molecule has 0 spiro atoms. The zero-order valence-electron chi connectivity index (χ0n) is 14.9. The van der Waals surface area contributed by atoms with Crippen molar-refractivity contribution in [2.24, 2.45) is 0 Å². The van der Waals surface area contributed by atoms with E-state index in [2.05, 4.69) is 19.1 Å². The Balaban J connectivity index is 1.82. The van der Waals surface area contributed by atoms with Crippen molar-refractivity contribution in [1.82, 2.24) is 4.90 Å². The molecule has 6 heteroatoms. The Bertz CT molecular complexity index is 967. The number of carbonyl (C=O) groups excluding carboxylic acids is 1. The molecule has 3 heterocycles. The van der Waals surface area contributed by atoms with Crippen LogP contribution in [0.2, 0.25) is 0 Å². The molecule has 0 bridgehead atoms. The Kier molecular flexibility index (Phi) is 3.67. The number of hydrogen-bond acceptors (Lipinski definition) is 5. The van der Waals surface area contributed by atoms with Crippen LogP contribution in [0.4, 0.5) is 0 Å². The number of hydrogen-bond donors (Lipinski definition) is 1. The average molecular weight is 365 g/mol. The lowest BCUT2D eigenvalue weighted by atomic mass is 9.77. The van der Waals surface area contributed by atoms with E-state index in [9.17, 15) is 10.1 Å². The molecular formula is C20H19N3O2S. The molecule has 26 heavy (non-hydrogen) atoms. The summed E-state index contributed by atoms with van der Waals surface area (Å²) in [6.07, 6.45) is 0.856. The number of ether oxygens (including phenoxy) is 1. The topological polar surface area (TPSA) is 77.2 Å². The number of benzene rings is 1. The van der Waals surface area contributed by atoms with Crippen molar-refractivity contribution >= 4 is 23.1 Å². The van der Waals surface area contributed by atoms with E-state index >= 15 is 0 Å². The molecule has 1 N–H and O–H groups in total. The minimum absolute atomic E-state index is 0.0217. The highest BCUT2D eigenvalue weighted by atomic mass is 32.1. The van der Waals surface area contributed by atoms with Gasteiger partial charge >= 0.3 is 0 Å². The highest BCUT2D eigenvalue weighted by molar-refractivity contribution is 7.12. The van der Waals surface area contributed by atoms with Crippen LogP contribution >= 0.6 is 11.3 Å². The molecule has 1 aromatic carbocycles. The van der Waals surface area contributed by atoms with Gasteiger partial charge in [0.2, 0.25) is 5.91 Å². The number of nitrogens with zero attached hydrogens (tertiary/aromatic N) is 2. The first-order valence-electron chi connectivity index (χ1n) is 8.52. The second kappa shape index (κ2) is 5.68. The fourth-order valence-corrected chi connectivity index (χ4v) is 5.00. The van der Waals surface area contributed by atoms with Crippen LogP contribution in [0.3, 0.4) is 0 Å². The van der Waals surface area contributed by atoms with Gasteiger partial charge in [-0.3, -0.25) is 10.2 Å². The van der Waals surface area contributed by atoms with Crippen LogP contribution in [-0.4, -0.2) is 23.7 Å². The van der Waals surface area contributed by atoms with E-state index in [4.69, 9.17) is 10.1 Å². The minimum atomic E-state index is -0.380. The lowest BCUT2D eigenvalue weighted by molar-refractivity contribution is -0.128. The molecule has 2 aromatic rings. The molecule has 1 aromatic heterocycles. The Morgan fingerprint density at radius 2 is 2.12 bits per heavy atom. The summed E-state index contributed by atoms with van der Waals surface area (Å²) < 4.78 is 6.03. The second-order valence-corrected chi connectivity index (χ2v) is 8.37. The van der Waals surface area contributed by atoms with Gasteiger partial charge < -0.3 is 9.64 Å². The van der Waals surface area contributed by atoms with Crippen molar-refractivity contribution in [3.05, 3.63) is 39.6 Å². The quantitative estimate of drug-likeness (QED) is 0.821. The number of rotatable bonds is 1. The third-order valence-corrected chi connectivity index (χ3v) is 6.91. The van der Waals surface area contributed by atoms with Gasteiger partial charge in [0, 0.05) is 41.3 Å². The lowest BCUT2D eigenvalue weighted by Gasteiger charge is -2.36. The Labute approximate surface area is 156 Å². The standard InChI is InChI=1S/C20H19N3O2S/c1-11-19-14(13-6-12(10-21)4-5-15(13)25-11)7-16(26-19)20(2)8-17(22)23(3)18(24)9-20/h4-7,11,22H,8-9H2,1-3H3/t11?,20-/m0/s1. The number of thiophene rings is 1. The molecule has 2 aliphatic heterocycles. The zero-order valence-corrected chi connectivity index (χ0v) is 15.7. The van der Waals surface area contributed by atoms with Crippen LogP contribution in [0.25, 0.3) is 11.1 Å². The van der Waals surface area contributed by atoms with E-state index in [1.165, 1.54) is 4.90 Å². The first kappa shape index (κ1) is 16.8. The van der Waals surface area contributed by atoms with Gasteiger partial charge in [0.1, 0.15) is 17.7 Å². The molecule has 1 amide bonds. The maximum Gasteiger partial charge on any atom is 0.228 e. The van der Waals surface area contributed by atoms with Crippen molar-refractivity contribution in [2.75, 3.05) is 7.05 Å². The highest BCUT2D eigenvalue weighted by Crippen LogP contribution is 2.50. The van der Waals surface area contributed by atoms with Crippen LogP contribution in [0.15, 0.2) is 24.3 Å². The number of amidine groups is 1. The van der Waals surface area contributed by atoms with E-state index in [1.807, 2.05) is 19.1 Å². The number of fused-ring (bicyclic) bond motifs is 3.